The molecule has 0 spiro atoms. The highest BCUT2D eigenvalue weighted by Gasteiger charge is 2.14. The number of aryl methyl sites for hydroxylation is 3. The Labute approximate surface area is 139 Å². The number of benzene rings is 1. The molecule has 0 bridgehead atoms. The van der Waals surface area contributed by atoms with Crippen molar-refractivity contribution in [2.24, 2.45) is 0 Å². The number of hydrogen-bond acceptors (Lipinski definition) is 4. The molecule has 7 nitrogen and oxygen atoms in total. The van der Waals surface area contributed by atoms with Crippen LogP contribution in [0, 0.1) is 20.8 Å². The van der Waals surface area contributed by atoms with Crippen molar-refractivity contribution in [2.45, 2.75) is 20.8 Å². The molecule has 0 saturated carbocycles. The van der Waals surface area contributed by atoms with E-state index in [1.165, 1.54) is 0 Å². The van der Waals surface area contributed by atoms with Gasteiger partial charge in [0.2, 0.25) is 0 Å². The van der Waals surface area contributed by atoms with Gasteiger partial charge in [-0.15, -0.1) is 0 Å². The molecule has 2 rings (SSSR count). The third-order valence-electron chi connectivity index (χ3n) is 3.40. The smallest absolute Gasteiger partial charge is 0.273 e. The normalized spacial score (nSPS) is 10.1. The maximum atomic E-state index is 12.0. The Morgan fingerprint density at radius 3 is 2.29 bits per heavy atom. The van der Waals surface area contributed by atoms with Crippen LogP contribution < -0.4 is 16.2 Å². The Hall–Kier alpha value is -3.09. The number of carbonyl (C=O) groups excluding carboxylic acids is 3. The van der Waals surface area contributed by atoms with Gasteiger partial charge in [0.15, 0.2) is 0 Å². The van der Waals surface area contributed by atoms with Crippen molar-refractivity contribution < 1.29 is 18.8 Å². The molecule has 0 unspecified atom stereocenters. The van der Waals surface area contributed by atoms with Crippen molar-refractivity contribution in [1.82, 2.24) is 16.2 Å². The van der Waals surface area contributed by atoms with E-state index in [1.807, 2.05) is 19.1 Å². The van der Waals surface area contributed by atoms with E-state index in [0.29, 0.717) is 22.6 Å². The lowest BCUT2D eigenvalue weighted by molar-refractivity contribution is -0.120. The first-order valence-corrected chi connectivity index (χ1v) is 7.38. The first-order chi connectivity index (χ1) is 11.4. The lowest BCUT2D eigenvalue weighted by Gasteiger charge is -2.09. The van der Waals surface area contributed by atoms with Gasteiger partial charge in [-0.25, -0.2) is 0 Å². The molecule has 1 aromatic heterocycles. The number of hydrazine groups is 1. The molecule has 24 heavy (non-hydrogen) atoms. The predicted molar refractivity (Wildman–Crippen MR) is 87.3 cm³/mol. The molecule has 3 N–H and O–H groups in total. The molecule has 0 saturated heterocycles. The van der Waals surface area contributed by atoms with Gasteiger partial charge < -0.3 is 9.73 Å². The summed E-state index contributed by atoms with van der Waals surface area (Å²) in [6.07, 6.45) is 0. The van der Waals surface area contributed by atoms with E-state index in [2.05, 4.69) is 16.2 Å². The topological polar surface area (TPSA) is 100 Å². The molecule has 3 amide bonds. The van der Waals surface area contributed by atoms with Crippen molar-refractivity contribution in [1.29, 1.82) is 0 Å². The fourth-order valence-electron chi connectivity index (χ4n) is 2.18. The minimum absolute atomic E-state index is 0.253. The minimum Gasteiger partial charge on any atom is -0.466 e. The Morgan fingerprint density at radius 1 is 0.958 bits per heavy atom. The fourth-order valence-corrected chi connectivity index (χ4v) is 2.18. The van der Waals surface area contributed by atoms with Crippen LogP contribution >= 0.6 is 0 Å². The highest BCUT2D eigenvalue weighted by atomic mass is 16.3. The molecule has 0 aliphatic heterocycles. The average Bonchev–Trinajstić information content (AvgIpc) is 2.89. The Kier molecular flexibility index (Phi) is 5.36. The van der Waals surface area contributed by atoms with E-state index in [0.717, 1.165) is 5.56 Å². The van der Waals surface area contributed by atoms with Crippen LogP contribution in [0.15, 0.2) is 34.7 Å². The van der Waals surface area contributed by atoms with Crippen molar-refractivity contribution in [2.75, 3.05) is 6.54 Å². The summed E-state index contributed by atoms with van der Waals surface area (Å²) in [6, 6.07) is 8.64. The molecular weight excluding hydrogens is 310 g/mol. The average molecular weight is 329 g/mol. The highest BCUT2D eigenvalue weighted by Crippen LogP contribution is 2.12. The van der Waals surface area contributed by atoms with Crippen LogP contribution in [0.4, 0.5) is 0 Å². The summed E-state index contributed by atoms with van der Waals surface area (Å²) < 4.78 is 5.25. The second kappa shape index (κ2) is 7.45. The molecule has 0 fully saturated rings. The number of nitrogens with one attached hydrogen (secondary N) is 3. The molecule has 7 heteroatoms. The molecule has 0 aliphatic carbocycles. The largest absolute Gasteiger partial charge is 0.466 e. The Morgan fingerprint density at radius 2 is 1.67 bits per heavy atom. The van der Waals surface area contributed by atoms with E-state index in [4.69, 9.17) is 4.42 Å². The lowest BCUT2D eigenvalue weighted by Crippen LogP contribution is -2.46. The van der Waals surface area contributed by atoms with Gasteiger partial charge in [0.1, 0.15) is 11.5 Å². The number of carbonyl (C=O) groups is 3. The van der Waals surface area contributed by atoms with E-state index >= 15 is 0 Å². The van der Waals surface area contributed by atoms with Crippen molar-refractivity contribution in [3.05, 3.63) is 58.5 Å². The molecule has 0 aliphatic rings. The summed E-state index contributed by atoms with van der Waals surface area (Å²) in [5.74, 6) is -0.302. The minimum atomic E-state index is -0.539. The maximum absolute atomic E-state index is 12.0. The predicted octanol–water partition coefficient (Wildman–Crippen LogP) is 1.40. The van der Waals surface area contributed by atoms with Crippen molar-refractivity contribution in [3.63, 3.8) is 0 Å². The van der Waals surface area contributed by atoms with Gasteiger partial charge >= 0.3 is 0 Å². The Balaban J connectivity index is 1.81. The second-order valence-electron chi connectivity index (χ2n) is 5.33. The summed E-state index contributed by atoms with van der Waals surface area (Å²) in [7, 11) is 0. The summed E-state index contributed by atoms with van der Waals surface area (Å²) >= 11 is 0. The Bertz CT molecular complexity index is 780. The van der Waals surface area contributed by atoms with Gasteiger partial charge in [-0.2, -0.15) is 0 Å². The first-order valence-electron chi connectivity index (χ1n) is 7.38. The van der Waals surface area contributed by atoms with Gasteiger partial charge in [-0.05, 0) is 38.5 Å². The molecule has 0 atom stereocenters. The fraction of sp³-hybridized carbons (Fsp3) is 0.235. The second-order valence-corrected chi connectivity index (χ2v) is 5.33. The number of rotatable bonds is 4. The lowest BCUT2D eigenvalue weighted by atomic mass is 10.1. The summed E-state index contributed by atoms with van der Waals surface area (Å²) in [4.78, 5) is 35.6. The molecule has 126 valence electrons. The standard InChI is InChI=1S/C17H19N3O4/c1-10-6-4-5-7-13(10)16(22)18-9-15(21)19-20-17(23)14-8-11(2)24-12(14)3/h4-8H,9H2,1-3H3,(H,18,22)(H,19,21)(H,20,23). The van der Waals surface area contributed by atoms with Crippen molar-refractivity contribution in [3.8, 4) is 0 Å². The van der Waals surface area contributed by atoms with Crippen LogP contribution in [-0.4, -0.2) is 24.3 Å². The molecule has 0 radical (unpaired) electrons. The van der Waals surface area contributed by atoms with Gasteiger partial charge in [0.25, 0.3) is 17.7 Å². The molecule has 1 heterocycles. The highest BCUT2D eigenvalue weighted by molar-refractivity contribution is 5.99. The van der Waals surface area contributed by atoms with E-state index in [1.54, 1.807) is 32.0 Å². The maximum Gasteiger partial charge on any atom is 0.273 e. The van der Waals surface area contributed by atoms with Gasteiger partial charge in [-0.3, -0.25) is 25.2 Å². The molecular formula is C17H19N3O4. The quantitative estimate of drug-likeness (QED) is 0.738. The molecule has 2 aromatic rings. The van der Waals surface area contributed by atoms with Gasteiger partial charge in [0, 0.05) is 5.56 Å². The van der Waals surface area contributed by atoms with Crippen LogP contribution in [0.25, 0.3) is 0 Å². The zero-order chi connectivity index (χ0) is 17.7. The summed E-state index contributed by atoms with van der Waals surface area (Å²) in [5, 5.41) is 2.50. The number of amides is 3. The number of hydrogen-bond donors (Lipinski definition) is 3. The first kappa shape index (κ1) is 17.3. The van der Waals surface area contributed by atoms with Crippen LogP contribution in [0.3, 0.4) is 0 Å². The zero-order valence-corrected chi connectivity index (χ0v) is 13.7. The summed E-state index contributed by atoms with van der Waals surface area (Å²) in [6.45, 7) is 4.94. The number of furan rings is 1. The zero-order valence-electron chi connectivity index (χ0n) is 13.7. The SMILES string of the molecule is Cc1cc(C(=O)NNC(=O)CNC(=O)c2ccccc2C)c(C)o1. The summed E-state index contributed by atoms with van der Waals surface area (Å²) in [5.41, 5.74) is 6.18. The molecule has 1 aromatic carbocycles. The van der Waals surface area contributed by atoms with E-state index < -0.39 is 11.8 Å². The third kappa shape index (κ3) is 4.22. The van der Waals surface area contributed by atoms with Gasteiger partial charge in [0.05, 0.1) is 12.1 Å². The van der Waals surface area contributed by atoms with E-state index in [9.17, 15) is 14.4 Å². The third-order valence-corrected chi connectivity index (χ3v) is 3.40. The van der Waals surface area contributed by atoms with Crippen LogP contribution in [-0.2, 0) is 4.79 Å². The monoisotopic (exact) mass is 329 g/mol. The van der Waals surface area contributed by atoms with Crippen LogP contribution in [0.1, 0.15) is 37.8 Å². The van der Waals surface area contributed by atoms with E-state index in [-0.39, 0.29) is 12.5 Å². The van der Waals surface area contributed by atoms with Crippen molar-refractivity contribution >= 4 is 17.7 Å². The van der Waals surface area contributed by atoms with Gasteiger partial charge in [-0.1, -0.05) is 18.2 Å². The van der Waals surface area contributed by atoms with Crippen LogP contribution in [0.5, 0.6) is 0 Å². The van der Waals surface area contributed by atoms with Crippen LogP contribution in [0.2, 0.25) is 0 Å².